The van der Waals surface area contributed by atoms with Gasteiger partial charge in [-0.3, -0.25) is 4.68 Å². The van der Waals surface area contributed by atoms with Gasteiger partial charge in [0.2, 0.25) is 0 Å². The molecule has 20 heavy (non-hydrogen) atoms. The zero-order valence-corrected chi connectivity index (χ0v) is 11.7. The maximum absolute atomic E-state index is 9.85. The Kier molecular flexibility index (Phi) is 5.58. The SMILES string of the molecule is COc1ccc(CCNCC(O)Cn2cccn2)cc1. The van der Waals surface area contributed by atoms with E-state index in [2.05, 4.69) is 22.5 Å². The summed E-state index contributed by atoms with van der Waals surface area (Å²) in [7, 11) is 1.66. The second-order valence-corrected chi connectivity index (χ2v) is 4.68. The van der Waals surface area contributed by atoms with Gasteiger partial charge in [-0.15, -0.1) is 0 Å². The van der Waals surface area contributed by atoms with Crippen LogP contribution in [0, 0.1) is 0 Å². The summed E-state index contributed by atoms with van der Waals surface area (Å²) >= 11 is 0. The first-order chi connectivity index (χ1) is 9.78. The summed E-state index contributed by atoms with van der Waals surface area (Å²) in [6, 6.07) is 9.88. The van der Waals surface area contributed by atoms with Crippen molar-refractivity contribution in [3.8, 4) is 5.75 Å². The van der Waals surface area contributed by atoms with Gasteiger partial charge >= 0.3 is 0 Å². The minimum atomic E-state index is -0.425. The van der Waals surface area contributed by atoms with Crippen LogP contribution in [-0.2, 0) is 13.0 Å². The Labute approximate surface area is 119 Å². The lowest BCUT2D eigenvalue weighted by Crippen LogP contribution is -2.31. The third kappa shape index (κ3) is 4.68. The molecular formula is C15H21N3O2. The van der Waals surface area contributed by atoms with Crippen LogP contribution >= 0.6 is 0 Å². The summed E-state index contributed by atoms with van der Waals surface area (Å²) < 4.78 is 6.85. The van der Waals surface area contributed by atoms with Crippen LogP contribution in [0.1, 0.15) is 5.56 Å². The van der Waals surface area contributed by atoms with Crippen molar-refractivity contribution < 1.29 is 9.84 Å². The molecule has 1 aromatic heterocycles. The van der Waals surface area contributed by atoms with Gasteiger partial charge in [-0.25, -0.2) is 0 Å². The molecular weight excluding hydrogens is 254 g/mol. The number of aliphatic hydroxyl groups excluding tert-OH is 1. The summed E-state index contributed by atoms with van der Waals surface area (Å²) in [6.45, 7) is 1.92. The van der Waals surface area contributed by atoms with Crippen molar-refractivity contribution in [1.29, 1.82) is 0 Å². The second kappa shape index (κ2) is 7.67. The average molecular weight is 275 g/mol. The number of rotatable bonds is 8. The van der Waals surface area contributed by atoms with E-state index in [1.54, 1.807) is 18.0 Å². The lowest BCUT2D eigenvalue weighted by atomic mass is 10.1. The Morgan fingerprint density at radius 3 is 2.80 bits per heavy atom. The Morgan fingerprint density at radius 1 is 1.35 bits per heavy atom. The fourth-order valence-corrected chi connectivity index (χ4v) is 1.98. The fraction of sp³-hybridized carbons (Fsp3) is 0.400. The normalized spacial score (nSPS) is 12.3. The fourth-order valence-electron chi connectivity index (χ4n) is 1.98. The maximum atomic E-state index is 9.85. The Balaban J connectivity index is 1.63. The molecule has 0 aliphatic rings. The van der Waals surface area contributed by atoms with Gasteiger partial charge in [-0.05, 0) is 36.7 Å². The molecule has 5 nitrogen and oxygen atoms in total. The van der Waals surface area contributed by atoms with Crippen molar-refractivity contribution >= 4 is 0 Å². The van der Waals surface area contributed by atoms with Crippen LogP contribution in [0.5, 0.6) is 5.75 Å². The molecule has 2 rings (SSSR count). The summed E-state index contributed by atoms with van der Waals surface area (Å²) in [6.07, 6.45) is 4.06. The Hall–Kier alpha value is -1.85. The average Bonchev–Trinajstić information content (AvgIpc) is 2.97. The summed E-state index contributed by atoms with van der Waals surface area (Å²) in [5.41, 5.74) is 1.25. The molecule has 0 bridgehead atoms. The third-order valence-electron chi connectivity index (χ3n) is 3.09. The summed E-state index contributed by atoms with van der Waals surface area (Å²) in [5.74, 6) is 0.872. The number of benzene rings is 1. The highest BCUT2D eigenvalue weighted by Crippen LogP contribution is 2.11. The van der Waals surface area contributed by atoms with Crippen molar-refractivity contribution in [2.75, 3.05) is 20.2 Å². The molecule has 2 aromatic rings. The van der Waals surface area contributed by atoms with Gasteiger partial charge in [0.15, 0.2) is 0 Å². The maximum Gasteiger partial charge on any atom is 0.118 e. The lowest BCUT2D eigenvalue weighted by molar-refractivity contribution is 0.147. The number of hydrogen-bond donors (Lipinski definition) is 2. The van der Waals surface area contributed by atoms with Gasteiger partial charge in [0, 0.05) is 18.9 Å². The molecule has 1 unspecified atom stereocenters. The molecule has 2 N–H and O–H groups in total. The summed E-state index contributed by atoms with van der Waals surface area (Å²) in [4.78, 5) is 0. The number of aliphatic hydroxyl groups is 1. The van der Waals surface area contributed by atoms with Gasteiger partial charge in [-0.2, -0.15) is 5.10 Å². The molecule has 0 fully saturated rings. The van der Waals surface area contributed by atoms with Crippen LogP contribution in [0.3, 0.4) is 0 Å². The summed E-state index contributed by atoms with van der Waals surface area (Å²) in [5, 5.41) is 17.2. The molecule has 108 valence electrons. The number of ether oxygens (including phenoxy) is 1. The Bertz CT molecular complexity index is 482. The predicted octanol–water partition coefficient (Wildman–Crippen LogP) is 1.08. The predicted molar refractivity (Wildman–Crippen MR) is 77.8 cm³/mol. The lowest BCUT2D eigenvalue weighted by Gasteiger charge is -2.12. The number of nitrogens with one attached hydrogen (secondary N) is 1. The molecule has 0 aliphatic carbocycles. The molecule has 0 spiro atoms. The molecule has 0 aliphatic heterocycles. The van der Waals surface area contributed by atoms with E-state index in [9.17, 15) is 5.11 Å². The van der Waals surface area contributed by atoms with E-state index in [4.69, 9.17) is 4.74 Å². The van der Waals surface area contributed by atoms with E-state index in [1.165, 1.54) is 5.56 Å². The highest BCUT2D eigenvalue weighted by Gasteiger charge is 2.04. The first-order valence-electron chi connectivity index (χ1n) is 6.77. The molecule has 1 atom stereocenters. The first kappa shape index (κ1) is 14.6. The van der Waals surface area contributed by atoms with Gasteiger partial charge < -0.3 is 15.2 Å². The van der Waals surface area contributed by atoms with Crippen LogP contribution in [0.15, 0.2) is 42.7 Å². The minimum absolute atomic E-state index is 0.425. The number of nitrogens with zero attached hydrogens (tertiary/aromatic N) is 2. The van der Waals surface area contributed by atoms with Gasteiger partial charge in [-0.1, -0.05) is 12.1 Å². The van der Waals surface area contributed by atoms with E-state index in [1.807, 2.05) is 24.4 Å². The van der Waals surface area contributed by atoms with Crippen molar-refractivity contribution in [2.45, 2.75) is 19.1 Å². The van der Waals surface area contributed by atoms with E-state index in [0.717, 1.165) is 18.7 Å². The zero-order valence-electron chi connectivity index (χ0n) is 11.7. The largest absolute Gasteiger partial charge is 0.497 e. The smallest absolute Gasteiger partial charge is 0.118 e. The van der Waals surface area contributed by atoms with Crippen LogP contribution in [0.25, 0.3) is 0 Å². The number of aromatic nitrogens is 2. The molecule has 5 heteroatoms. The first-order valence-corrected chi connectivity index (χ1v) is 6.77. The topological polar surface area (TPSA) is 59.3 Å². The highest BCUT2D eigenvalue weighted by atomic mass is 16.5. The quantitative estimate of drug-likeness (QED) is 0.708. The molecule has 0 radical (unpaired) electrons. The minimum Gasteiger partial charge on any atom is -0.497 e. The van der Waals surface area contributed by atoms with Crippen molar-refractivity contribution in [3.63, 3.8) is 0 Å². The molecule has 0 amide bonds. The zero-order chi connectivity index (χ0) is 14.2. The molecule has 1 aromatic carbocycles. The van der Waals surface area contributed by atoms with E-state index >= 15 is 0 Å². The monoisotopic (exact) mass is 275 g/mol. The highest BCUT2D eigenvalue weighted by molar-refractivity contribution is 5.27. The molecule has 1 heterocycles. The van der Waals surface area contributed by atoms with Crippen LogP contribution in [0.2, 0.25) is 0 Å². The van der Waals surface area contributed by atoms with E-state index < -0.39 is 6.10 Å². The van der Waals surface area contributed by atoms with Crippen molar-refractivity contribution in [3.05, 3.63) is 48.3 Å². The van der Waals surface area contributed by atoms with Gasteiger partial charge in [0.05, 0.1) is 19.8 Å². The van der Waals surface area contributed by atoms with Crippen LogP contribution < -0.4 is 10.1 Å². The standard InChI is InChI=1S/C15H21N3O2/c1-20-15-5-3-13(4-6-15)7-9-16-11-14(19)12-18-10-2-8-17-18/h2-6,8,10,14,16,19H,7,9,11-12H2,1H3. The van der Waals surface area contributed by atoms with Crippen LogP contribution in [-0.4, -0.2) is 41.2 Å². The molecule has 0 saturated heterocycles. The van der Waals surface area contributed by atoms with Gasteiger partial charge in [0.25, 0.3) is 0 Å². The third-order valence-corrected chi connectivity index (χ3v) is 3.09. The van der Waals surface area contributed by atoms with E-state index in [0.29, 0.717) is 13.1 Å². The number of methoxy groups -OCH3 is 1. The van der Waals surface area contributed by atoms with Gasteiger partial charge in [0.1, 0.15) is 5.75 Å². The Morgan fingerprint density at radius 2 is 2.15 bits per heavy atom. The van der Waals surface area contributed by atoms with E-state index in [-0.39, 0.29) is 0 Å². The number of hydrogen-bond acceptors (Lipinski definition) is 4. The molecule has 0 saturated carbocycles. The van der Waals surface area contributed by atoms with Crippen molar-refractivity contribution in [2.24, 2.45) is 0 Å². The van der Waals surface area contributed by atoms with Crippen molar-refractivity contribution in [1.82, 2.24) is 15.1 Å². The second-order valence-electron chi connectivity index (χ2n) is 4.68. The van der Waals surface area contributed by atoms with Crippen LogP contribution in [0.4, 0.5) is 0 Å².